The number of aromatic hydroxyl groups is 1. The van der Waals surface area contributed by atoms with E-state index in [4.69, 9.17) is 0 Å². The maximum Gasteiger partial charge on any atom is 0.257 e. The molecule has 0 spiro atoms. The maximum atomic E-state index is 11.9. The van der Waals surface area contributed by atoms with Crippen LogP contribution in [-0.4, -0.2) is 46.4 Å². The van der Waals surface area contributed by atoms with Gasteiger partial charge in [0.2, 0.25) is 5.91 Å². The van der Waals surface area contributed by atoms with Crippen molar-refractivity contribution in [3.8, 4) is 5.75 Å². The Kier molecular flexibility index (Phi) is 4.65. The molecule has 0 aliphatic rings. The van der Waals surface area contributed by atoms with Crippen molar-refractivity contribution in [3.05, 3.63) is 24.0 Å². The molecule has 1 heterocycles. The van der Waals surface area contributed by atoms with Crippen LogP contribution >= 0.6 is 0 Å². The van der Waals surface area contributed by atoms with Crippen LogP contribution in [0.3, 0.4) is 0 Å². The first-order valence-electron chi connectivity index (χ1n) is 5.59. The van der Waals surface area contributed by atoms with Crippen molar-refractivity contribution in [3.63, 3.8) is 0 Å². The zero-order valence-electron chi connectivity index (χ0n) is 10.7. The number of pyridine rings is 1. The first kappa shape index (κ1) is 14.0. The van der Waals surface area contributed by atoms with E-state index in [1.807, 2.05) is 13.8 Å². The van der Waals surface area contributed by atoms with E-state index in [-0.39, 0.29) is 29.8 Å². The molecule has 1 rings (SSSR count). The normalized spacial score (nSPS) is 10.2. The van der Waals surface area contributed by atoms with Crippen LogP contribution in [0.25, 0.3) is 0 Å². The molecule has 2 amide bonds. The van der Waals surface area contributed by atoms with E-state index in [9.17, 15) is 14.7 Å². The minimum atomic E-state index is -0.422. The lowest BCUT2D eigenvalue weighted by molar-refractivity contribution is -0.122. The van der Waals surface area contributed by atoms with Crippen LogP contribution < -0.4 is 5.32 Å². The van der Waals surface area contributed by atoms with Gasteiger partial charge in [0.25, 0.3) is 5.91 Å². The van der Waals surface area contributed by atoms with E-state index in [1.165, 1.54) is 30.4 Å². The molecule has 0 fully saturated rings. The first-order valence-corrected chi connectivity index (χ1v) is 5.59. The fraction of sp³-hybridized carbons (Fsp3) is 0.417. The molecule has 0 saturated heterocycles. The third kappa shape index (κ3) is 3.73. The Hall–Kier alpha value is -2.11. The lowest BCUT2D eigenvalue weighted by atomic mass is 10.2. The molecular formula is C12H17N3O3. The highest BCUT2D eigenvalue weighted by atomic mass is 16.3. The Bertz CT molecular complexity index is 446. The number of amides is 2. The number of nitrogens with zero attached hydrogens (tertiary/aromatic N) is 2. The molecule has 0 aliphatic heterocycles. The molecule has 6 heteroatoms. The molecule has 0 unspecified atom stereocenters. The third-order valence-electron chi connectivity index (χ3n) is 2.21. The fourth-order valence-electron chi connectivity index (χ4n) is 1.43. The average Bonchev–Trinajstić information content (AvgIpc) is 2.27. The van der Waals surface area contributed by atoms with Gasteiger partial charge in [-0.3, -0.25) is 14.6 Å². The third-order valence-corrected chi connectivity index (χ3v) is 2.21. The Morgan fingerprint density at radius 2 is 2.17 bits per heavy atom. The summed E-state index contributed by atoms with van der Waals surface area (Å²) in [5.74, 6) is -0.859. The van der Waals surface area contributed by atoms with Crippen LogP contribution in [0.15, 0.2) is 18.5 Å². The Morgan fingerprint density at radius 3 is 2.72 bits per heavy atom. The van der Waals surface area contributed by atoms with Gasteiger partial charge in [-0.15, -0.1) is 0 Å². The van der Waals surface area contributed by atoms with Crippen molar-refractivity contribution >= 4 is 11.8 Å². The topological polar surface area (TPSA) is 82.5 Å². The molecule has 6 nitrogen and oxygen atoms in total. The van der Waals surface area contributed by atoms with E-state index >= 15 is 0 Å². The molecule has 0 atom stereocenters. The quantitative estimate of drug-likeness (QED) is 0.810. The second-order valence-electron chi connectivity index (χ2n) is 4.28. The van der Waals surface area contributed by atoms with Crippen LogP contribution in [-0.2, 0) is 4.79 Å². The Morgan fingerprint density at radius 1 is 1.50 bits per heavy atom. The summed E-state index contributed by atoms with van der Waals surface area (Å²) in [5, 5.41) is 12.2. The Labute approximate surface area is 106 Å². The number of carbonyl (C=O) groups is 2. The highest BCUT2D eigenvalue weighted by molar-refractivity contribution is 5.98. The maximum absolute atomic E-state index is 11.9. The lowest BCUT2D eigenvalue weighted by Gasteiger charge is -2.18. The summed E-state index contributed by atoms with van der Waals surface area (Å²) >= 11 is 0. The second-order valence-corrected chi connectivity index (χ2v) is 4.28. The van der Waals surface area contributed by atoms with Crippen molar-refractivity contribution < 1.29 is 14.7 Å². The van der Waals surface area contributed by atoms with E-state index in [2.05, 4.69) is 10.3 Å². The van der Waals surface area contributed by atoms with Crippen LogP contribution in [0.2, 0.25) is 0 Å². The van der Waals surface area contributed by atoms with Crippen molar-refractivity contribution in [2.24, 2.45) is 0 Å². The smallest absolute Gasteiger partial charge is 0.257 e. The minimum absolute atomic E-state index is 0.0235. The van der Waals surface area contributed by atoms with Gasteiger partial charge in [0.05, 0.1) is 18.3 Å². The van der Waals surface area contributed by atoms with E-state index in [0.717, 1.165) is 0 Å². The van der Waals surface area contributed by atoms with Crippen molar-refractivity contribution in [1.82, 2.24) is 15.2 Å². The molecule has 98 valence electrons. The minimum Gasteiger partial charge on any atom is -0.505 e. The van der Waals surface area contributed by atoms with Crippen LogP contribution in [0.5, 0.6) is 5.75 Å². The number of hydrogen-bond acceptors (Lipinski definition) is 4. The van der Waals surface area contributed by atoms with Crippen LogP contribution in [0.1, 0.15) is 24.2 Å². The van der Waals surface area contributed by atoms with Gasteiger partial charge in [-0.2, -0.15) is 0 Å². The molecule has 18 heavy (non-hydrogen) atoms. The second kappa shape index (κ2) is 6.00. The van der Waals surface area contributed by atoms with E-state index in [1.54, 1.807) is 0 Å². The summed E-state index contributed by atoms with van der Waals surface area (Å²) in [6.45, 7) is 3.63. The molecule has 0 radical (unpaired) electrons. The van der Waals surface area contributed by atoms with Crippen molar-refractivity contribution in [2.75, 3.05) is 13.6 Å². The lowest BCUT2D eigenvalue weighted by Crippen LogP contribution is -2.40. The highest BCUT2D eigenvalue weighted by Crippen LogP contribution is 2.15. The van der Waals surface area contributed by atoms with E-state index in [0.29, 0.717) is 0 Å². The number of carbonyl (C=O) groups excluding carboxylic acids is 2. The largest absolute Gasteiger partial charge is 0.505 e. The van der Waals surface area contributed by atoms with E-state index < -0.39 is 5.91 Å². The molecule has 0 bridgehead atoms. The standard InChI is InChI=1S/C12H17N3O3/c1-8(2)14-11(17)7-15(3)12(18)9-4-5-13-6-10(9)16/h4-6,8,16H,7H2,1-3H3,(H,14,17). The summed E-state index contributed by atoms with van der Waals surface area (Å²) < 4.78 is 0. The summed E-state index contributed by atoms with van der Waals surface area (Å²) in [6.07, 6.45) is 2.60. The molecular weight excluding hydrogens is 234 g/mol. The summed E-state index contributed by atoms with van der Waals surface area (Å²) in [7, 11) is 1.50. The predicted octanol–water partition coefficient (Wildman–Crippen LogP) is 0.384. The summed E-state index contributed by atoms with van der Waals surface area (Å²) in [6, 6.07) is 1.43. The van der Waals surface area contributed by atoms with Gasteiger partial charge in [-0.1, -0.05) is 0 Å². The van der Waals surface area contributed by atoms with Crippen LogP contribution in [0.4, 0.5) is 0 Å². The highest BCUT2D eigenvalue weighted by Gasteiger charge is 2.18. The zero-order chi connectivity index (χ0) is 13.7. The monoisotopic (exact) mass is 251 g/mol. The SMILES string of the molecule is CC(C)NC(=O)CN(C)C(=O)c1ccncc1O. The van der Waals surface area contributed by atoms with Gasteiger partial charge < -0.3 is 15.3 Å². The number of aromatic nitrogens is 1. The van der Waals surface area contributed by atoms with Crippen molar-refractivity contribution in [2.45, 2.75) is 19.9 Å². The van der Waals surface area contributed by atoms with Gasteiger partial charge in [0.1, 0.15) is 5.75 Å². The zero-order valence-corrected chi connectivity index (χ0v) is 10.7. The van der Waals surface area contributed by atoms with Gasteiger partial charge >= 0.3 is 0 Å². The van der Waals surface area contributed by atoms with Crippen molar-refractivity contribution in [1.29, 1.82) is 0 Å². The number of nitrogens with one attached hydrogen (secondary N) is 1. The average molecular weight is 251 g/mol. The number of hydrogen-bond donors (Lipinski definition) is 2. The fourth-order valence-corrected chi connectivity index (χ4v) is 1.43. The first-order chi connectivity index (χ1) is 8.41. The molecule has 1 aromatic heterocycles. The molecule has 0 aliphatic carbocycles. The van der Waals surface area contributed by atoms with Gasteiger partial charge in [0.15, 0.2) is 0 Å². The number of rotatable bonds is 4. The summed E-state index contributed by atoms with van der Waals surface area (Å²) in [4.78, 5) is 28.4. The molecule has 0 saturated carbocycles. The van der Waals surface area contributed by atoms with Gasteiger partial charge in [-0.25, -0.2) is 0 Å². The van der Waals surface area contributed by atoms with Gasteiger partial charge in [0, 0.05) is 19.3 Å². The van der Waals surface area contributed by atoms with Gasteiger partial charge in [-0.05, 0) is 19.9 Å². The Balaban J connectivity index is 2.68. The molecule has 2 N–H and O–H groups in total. The predicted molar refractivity (Wildman–Crippen MR) is 66.1 cm³/mol. The summed E-state index contributed by atoms with van der Waals surface area (Å²) in [5.41, 5.74) is 0.129. The number of likely N-dealkylation sites (N-methyl/N-ethyl adjacent to an activating group) is 1. The molecule has 0 aromatic carbocycles. The molecule has 1 aromatic rings. The van der Waals surface area contributed by atoms with Crippen LogP contribution in [0, 0.1) is 0 Å².